The van der Waals surface area contributed by atoms with Crippen molar-refractivity contribution in [2.45, 2.75) is 25.0 Å². The second-order valence-electron chi connectivity index (χ2n) is 5.15. The molecule has 0 unspecified atom stereocenters. The summed E-state index contributed by atoms with van der Waals surface area (Å²) in [7, 11) is 0. The van der Waals surface area contributed by atoms with Crippen LogP contribution in [0, 0.1) is 0 Å². The molecular weight excluding hydrogens is 270 g/mol. The van der Waals surface area contributed by atoms with Crippen LogP contribution in [0.3, 0.4) is 0 Å². The molecule has 2 atom stereocenters. The molecule has 3 heterocycles. The van der Waals surface area contributed by atoms with E-state index in [9.17, 15) is 9.90 Å². The van der Waals surface area contributed by atoms with Gasteiger partial charge in [0.25, 0.3) is 5.91 Å². The van der Waals surface area contributed by atoms with E-state index in [1.165, 1.54) is 12.4 Å². The van der Waals surface area contributed by atoms with E-state index in [0.717, 1.165) is 0 Å². The second kappa shape index (κ2) is 6.01. The highest BCUT2D eigenvalue weighted by atomic mass is 16.3. The molecule has 1 amide bonds. The number of aliphatic hydroxyl groups is 1. The Labute approximate surface area is 122 Å². The van der Waals surface area contributed by atoms with Crippen LogP contribution in [0.5, 0.6) is 0 Å². The first-order chi connectivity index (χ1) is 10.3. The molecule has 2 aromatic rings. The van der Waals surface area contributed by atoms with Gasteiger partial charge in [0.2, 0.25) is 0 Å². The van der Waals surface area contributed by atoms with Crippen molar-refractivity contribution in [1.82, 2.24) is 24.6 Å². The number of hydrogen-bond donors (Lipinski definition) is 1. The quantitative estimate of drug-likeness (QED) is 0.870. The van der Waals surface area contributed by atoms with E-state index in [-0.39, 0.29) is 11.9 Å². The molecular formula is C14H17N5O2. The van der Waals surface area contributed by atoms with Crippen LogP contribution in [0.15, 0.2) is 37.2 Å². The number of imidazole rings is 1. The predicted molar refractivity (Wildman–Crippen MR) is 74.4 cm³/mol. The van der Waals surface area contributed by atoms with Gasteiger partial charge < -0.3 is 14.6 Å². The van der Waals surface area contributed by atoms with Gasteiger partial charge in [-0.05, 0) is 18.9 Å². The molecule has 0 bridgehead atoms. The van der Waals surface area contributed by atoms with Crippen molar-refractivity contribution >= 4 is 5.91 Å². The first-order valence-electron chi connectivity index (χ1n) is 6.97. The smallest absolute Gasteiger partial charge is 0.255 e. The van der Waals surface area contributed by atoms with Gasteiger partial charge in [0.05, 0.1) is 36.4 Å². The Morgan fingerprint density at radius 1 is 1.24 bits per heavy atom. The van der Waals surface area contributed by atoms with Gasteiger partial charge in [-0.2, -0.15) is 10.2 Å². The first kappa shape index (κ1) is 13.7. The Morgan fingerprint density at radius 2 is 2.10 bits per heavy atom. The van der Waals surface area contributed by atoms with Crippen LogP contribution in [-0.4, -0.2) is 54.9 Å². The zero-order valence-corrected chi connectivity index (χ0v) is 11.5. The third-order valence-corrected chi connectivity index (χ3v) is 3.86. The van der Waals surface area contributed by atoms with Crippen molar-refractivity contribution in [2.75, 3.05) is 13.1 Å². The Kier molecular flexibility index (Phi) is 3.92. The molecule has 1 aliphatic heterocycles. The molecule has 110 valence electrons. The van der Waals surface area contributed by atoms with Crippen molar-refractivity contribution in [2.24, 2.45) is 0 Å². The topological polar surface area (TPSA) is 84.1 Å². The van der Waals surface area contributed by atoms with Gasteiger partial charge >= 0.3 is 0 Å². The lowest BCUT2D eigenvalue weighted by molar-refractivity contribution is 0.0751. The highest BCUT2D eigenvalue weighted by Crippen LogP contribution is 2.23. The summed E-state index contributed by atoms with van der Waals surface area (Å²) in [4.78, 5) is 18.2. The predicted octanol–water partition coefficient (Wildman–Crippen LogP) is 0.511. The number of hydrogen-bond acceptors (Lipinski definition) is 5. The fourth-order valence-corrected chi connectivity index (χ4v) is 2.69. The van der Waals surface area contributed by atoms with Gasteiger partial charge in [-0.1, -0.05) is 0 Å². The molecule has 1 aliphatic rings. The third kappa shape index (κ3) is 2.92. The van der Waals surface area contributed by atoms with Gasteiger partial charge in [0.15, 0.2) is 0 Å². The molecule has 0 aliphatic carbocycles. The van der Waals surface area contributed by atoms with Gasteiger partial charge in [-0.3, -0.25) is 4.79 Å². The average molecular weight is 287 g/mol. The lowest BCUT2D eigenvalue weighted by Gasteiger charge is -2.21. The summed E-state index contributed by atoms with van der Waals surface area (Å²) in [5.74, 6) is -0.0663. The monoisotopic (exact) mass is 287 g/mol. The number of carbonyl (C=O) groups excluding carboxylic acids is 1. The summed E-state index contributed by atoms with van der Waals surface area (Å²) >= 11 is 0. The van der Waals surface area contributed by atoms with Crippen LogP contribution in [-0.2, 0) is 0 Å². The van der Waals surface area contributed by atoms with Gasteiger partial charge in [-0.25, -0.2) is 4.98 Å². The third-order valence-electron chi connectivity index (χ3n) is 3.86. The summed E-state index contributed by atoms with van der Waals surface area (Å²) in [6.07, 6.45) is 8.99. The van der Waals surface area contributed by atoms with Crippen LogP contribution in [0.4, 0.5) is 0 Å². The minimum atomic E-state index is -0.479. The number of rotatable bonds is 2. The van der Waals surface area contributed by atoms with Crippen molar-refractivity contribution in [3.05, 3.63) is 42.7 Å². The van der Waals surface area contributed by atoms with Crippen LogP contribution >= 0.6 is 0 Å². The zero-order valence-electron chi connectivity index (χ0n) is 11.5. The fraction of sp³-hybridized carbons (Fsp3) is 0.429. The molecule has 1 fully saturated rings. The number of amides is 1. The van der Waals surface area contributed by atoms with E-state index in [0.29, 0.717) is 31.5 Å². The molecule has 0 aromatic carbocycles. The van der Waals surface area contributed by atoms with Crippen molar-refractivity contribution < 1.29 is 9.90 Å². The highest BCUT2D eigenvalue weighted by molar-refractivity contribution is 5.93. The van der Waals surface area contributed by atoms with E-state index < -0.39 is 6.10 Å². The van der Waals surface area contributed by atoms with Crippen molar-refractivity contribution in [3.63, 3.8) is 0 Å². The maximum atomic E-state index is 12.4. The molecule has 0 saturated carbocycles. The Hall–Kier alpha value is -2.28. The molecule has 1 saturated heterocycles. The minimum Gasteiger partial charge on any atom is -0.391 e. The second-order valence-corrected chi connectivity index (χ2v) is 5.15. The van der Waals surface area contributed by atoms with Gasteiger partial charge in [-0.15, -0.1) is 0 Å². The van der Waals surface area contributed by atoms with E-state index in [4.69, 9.17) is 0 Å². The van der Waals surface area contributed by atoms with Crippen LogP contribution < -0.4 is 0 Å². The van der Waals surface area contributed by atoms with E-state index >= 15 is 0 Å². The number of nitrogens with zero attached hydrogens (tertiary/aromatic N) is 5. The summed E-state index contributed by atoms with van der Waals surface area (Å²) < 4.78 is 1.91. The first-order valence-corrected chi connectivity index (χ1v) is 6.97. The SMILES string of the molecule is O=C(c1ccnnc1)N1CC[C@H](O)[C@@H](n2ccnc2)CC1. The zero-order chi connectivity index (χ0) is 14.7. The maximum absolute atomic E-state index is 12.4. The van der Waals surface area contributed by atoms with Crippen LogP contribution in [0.25, 0.3) is 0 Å². The molecule has 7 nitrogen and oxygen atoms in total. The maximum Gasteiger partial charge on any atom is 0.255 e. The van der Waals surface area contributed by atoms with E-state index in [2.05, 4.69) is 15.2 Å². The lowest BCUT2D eigenvalue weighted by Crippen LogP contribution is -2.32. The Morgan fingerprint density at radius 3 is 2.81 bits per heavy atom. The standard InChI is InChI=1S/C14H17N5O2/c20-13-3-7-18(14(21)11-1-4-16-17-9-11)6-2-12(13)19-8-5-15-10-19/h1,4-5,8-10,12-13,20H,2-3,6-7H2/t12-,13-/m0/s1. The minimum absolute atomic E-state index is 0.0409. The summed E-state index contributed by atoms with van der Waals surface area (Å²) in [6, 6.07) is 1.62. The number of likely N-dealkylation sites (tertiary alicyclic amines) is 1. The van der Waals surface area contributed by atoms with Crippen LogP contribution in [0.1, 0.15) is 29.2 Å². The molecule has 0 radical (unpaired) electrons. The largest absolute Gasteiger partial charge is 0.391 e. The normalized spacial score (nSPS) is 22.8. The van der Waals surface area contributed by atoms with Gasteiger partial charge in [0.1, 0.15) is 0 Å². The van der Waals surface area contributed by atoms with E-state index in [1.807, 2.05) is 10.8 Å². The molecule has 7 heteroatoms. The summed E-state index contributed by atoms with van der Waals surface area (Å²) in [5.41, 5.74) is 0.528. The van der Waals surface area contributed by atoms with Crippen molar-refractivity contribution in [3.8, 4) is 0 Å². The van der Waals surface area contributed by atoms with E-state index in [1.54, 1.807) is 23.5 Å². The summed E-state index contributed by atoms with van der Waals surface area (Å²) in [6.45, 7) is 1.13. The molecule has 3 rings (SSSR count). The fourth-order valence-electron chi connectivity index (χ4n) is 2.69. The molecule has 21 heavy (non-hydrogen) atoms. The highest BCUT2D eigenvalue weighted by Gasteiger charge is 2.28. The summed E-state index contributed by atoms with van der Waals surface area (Å²) in [5, 5.41) is 17.7. The molecule has 2 aromatic heterocycles. The number of carbonyl (C=O) groups is 1. The number of aromatic nitrogens is 4. The lowest BCUT2D eigenvalue weighted by atomic mass is 10.1. The molecule has 1 N–H and O–H groups in total. The Bertz CT molecular complexity index is 587. The number of aliphatic hydroxyl groups excluding tert-OH is 1. The molecule has 0 spiro atoms. The Balaban J connectivity index is 1.72. The average Bonchev–Trinajstić information content (AvgIpc) is 2.98. The van der Waals surface area contributed by atoms with Gasteiger partial charge in [0, 0.05) is 25.5 Å². The van der Waals surface area contributed by atoms with Crippen LogP contribution in [0.2, 0.25) is 0 Å². The van der Waals surface area contributed by atoms with Crippen molar-refractivity contribution in [1.29, 1.82) is 0 Å².